The van der Waals surface area contributed by atoms with Crippen LogP contribution in [0.25, 0.3) is 11.2 Å². The second-order valence-corrected chi connectivity index (χ2v) is 8.75. The topological polar surface area (TPSA) is 194 Å². The Morgan fingerprint density at radius 1 is 1.24 bits per heavy atom. The van der Waals surface area contributed by atoms with Gasteiger partial charge in [0.15, 0.2) is 23.8 Å². The third-order valence-electron chi connectivity index (χ3n) is 6.50. The number of aliphatic hydroxyl groups is 2. The molecule has 1 saturated carbocycles. The average Bonchev–Trinajstić information content (AvgIpc) is 3.43. The molecule has 1 aliphatic carbocycles. The number of likely N-dealkylation sites (N-methyl/N-ethyl adjacent to an activating group) is 1. The van der Waals surface area contributed by atoms with E-state index < -0.39 is 30.4 Å². The van der Waals surface area contributed by atoms with Crippen molar-refractivity contribution in [3.63, 3.8) is 0 Å². The number of hydrogen-bond acceptors (Lipinski definition) is 11. The molecule has 37 heavy (non-hydrogen) atoms. The Bertz CT molecular complexity index is 1380. The van der Waals surface area contributed by atoms with Gasteiger partial charge in [-0.05, 0) is 25.2 Å². The summed E-state index contributed by atoms with van der Waals surface area (Å²) in [6.45, 7) is 0.142. The summed E-state index contributed by atoms with van der Waals surface area (Å²) in [6, 6.07) is 0.0811. The first kappa shape index (κ1) is 24.5. The molecular weight excluding hydrogens is 482 g/mol. The van der Waals surface area contributed by atoms with Gasteiger partial charge in [-0.15, -0.1) is 0 Å². The molecule has 5 N–H and O–H groups in total. The summed E-state index contributed by atoms with van der Waals surface area (Å²) in [6.07, 6.45) is 3.17. The van der Waals surface area contributed by atoms with Crippen molar-refractivity contribution < 1.29 is 24.5 Å². The molecule has 0 radical (unpaired) electrons. The number of nitrogen functional groups attached to an aromatic ring is 1. The van der Waals surface area contributed by atoms with E-state index in [0.29, 0.717) is 5.56 Å². The summed E-state index contributed by atoms with van der Waals surface area (Å²) in [5.41, 5.74) is 6.91. The molecule has 1 aliphatic heterocycles. The van der Waals surface area contributed by atoms with E-state index in [-0.39, 0.29) is 41.3 Å². The van der Waals surface area contributed by atoms with E-state index in [9.17, 15) is 19.8 Å². The molecule has 2 fully saturated rings. The van der Waals surface area contributed by atoms with Crippen molar-refractivity contribution in [1.29, 1.82) is 0 Å². The van der Waals surface area contributed by atoms with Crippen LogP contribution in [0.3, 0.4) is 0 Å². The molecule has 0 bridgehead atoms. The van der Waals surface area contributed by atoms with Crippen LogP contribution < -0.4 is 11.1 Å². The first-order valence-corrected chi connectivity index (χ1v) is 11.7. The number of imidazole rings is 1. The fourth-order valence-electron chi connectivity index (χ4n) is 4.27. The van der Waals surface area contributed by atoms with E-state index >= 15 is 0 Å². The van der Waals surface area contributed by atoms with Crippen LogP contribution >= 0.6 is 0 Å². The molecule has 4 atom stereocenters. The van der Waals surface area contributed by atoms with Gasteiger partial charge in [-0.2, -0.15) is 0 Å². The quantitative estimate of drug-likeness (QED) is 0.297. The number of anilines is 1. The zero-order valence-electron chi connectivity index (χ0n) is 19.9. The van der Waals surface area contributed by atoms with Crippen molar-refractivity contribution in [2.24, 2.45) is 0 Å². The molecule has 192 valence electrons. The number of nitrogens with zero attached hydrogens (tertiary/aromatic N) is 7. The summed E-state index contributed by atoms with van der Waals surface area (Å²) in [4.78, 5) is 47.3. The zero-order chi connectivity index (χ0) is 26.1. The van der Waals surface area contributed by atoms with Crippen molar-refractivity contribution in [3.8, 4) is 11.8 Å². The molecule has 0 aromatic carbocycles. The smallest absolute Gasteiger partial charge is 0.258 e. The van der Waals surface area contributed by atoms with Crippen molar-refractivity contribution in [2.45, 2.75) is 49.8 Å². The number of ether oxygens (including phenoxy) is 1. The van der Waals surface area contributed by atoms with E-state index in [1.165, 1.54) is 36.7 Å². The predicted octanol–water partition coefficient (Wildman–Crippen LogP) is -1.39. The molecule has 3 aromatic rings. The first-order chi connectivity index (χ1) is 17.9. The number of amides is 2. The zero-order valence-corrected chi connectivity index (χ0v) is 19.9. The van der Waals surface area contributed by atoms with Gasteiger partial charge in [0.05, 0.1) is 18.4 Å². The molecule has 3 aromatic heterocycles. The Hall–Kier alpha value is -4.19. The Morgan fingerprint density at radius 2 is 2.00 bits per heavy atom. The van der Waals surface area contributed by atoms with Gasteiger partial charge in [-0.25, -0.2) is 24.9 Å². The lowest BCUT2D eigenvalue weighted by molar-refractivity contribution is -0.137. The highest BCUT2D eigenvalue weighted by Gasteiger charge is 2.47. The Kier molecular flexibility index (Phi) is 6.66. The normalized spacial score (nSPS) is 23.2. The number of carbonyl (C=O) groups excluding carboxylic acids is 2. The van der Waals surface area contributed by atoms with Crippen LogP contribution in [0.15, 0.2) is 25.0 Å². The second kappa shape index (κ2) is 10.1. The largest absolute Gasteiger partial charge is 0.387 e. The lowest BCUT2D eigenvalue weighted by Crippen LogP contribution is -2.44. The van der Waals surface area contributed by atoms with Crippen LogP contribution in [0.2, 0.25) is 0 Å². The molecule has 0 spiro atoms. The van der Waals surface area contributed by atoms with E-state index in [1.54, 1.807) is 4.90 Å². The van der Waals surface area contributed by atoms with Gasteiger partial charge in [0.1, 0.15) is 24.1 Å². The minimum absolute atomic E-state index is 0.0531. The third-order valence-corrected chi connectivity index (χ3v) is 6.50. The number of rotatable bonds is 5. The molecule has 14 heteroatoms. The fraction of sp³-hybridized carbons (Fsp3) is 0.435. The highest BCUT2D eigenvalue weighted by Crippen LogP contribution is 2.32. The summed E-state index contributed by atoms with van der Waals surface area (Å²) >= 11 is 0. The number of nitrogens with two attached hydrogens (primary N) is 1. The van der Waals surface area contributed by atoms with Crippen LogP contribution in [0, 0.1) is 11.8 Å². The molecular formula is C23H25N9O5. The highest BCUT2D eigenvalue weighted by molar-refractivity contribution is 5.94. The van der Waals surface area contributed by atoms with Crippen molar-refractivity contribution in [2.75, 3.05) is 19.3 Å². The Morgan fingerprint density at radius 3 is 2.68 bits per heavy atom. The number of aliphatic hydroxyl groups excluding tert-OH is 2. The van der Waals surface area contributed by atoms with E-state index in [4.69, 9.17) is 10.5 Å². The maximum absolute atomic E-state index is 13.0. The number of hydrogen-bond donors (Lipinski definition) is 4. The number of nitrogens with one attached hydrogen (secondary N) is 1. The van der Waals surface area contributed by atoms with Crippen LogP contribution in [0.1, 0.15) is 41.7 Å². The molecule has 4 heterocycles. The van der Waals surface area contributed by atoms with Gasteiger partial charge in [-0.1, -0.05) is 5.92 Å². The van der Waals surface area contributed by atoms with Crippen molar-refractivity contribution in [3.05, 3.63) is 36.4 Å². The first-order valence-electron chi connectivity index (χ1n) is 11.7. The molecule has 14 nitrogen and oxygen atoms in total. The van der Waals surface area contributed by atoms with Gasteiger partial charge < -0.3 is 30.9 Å². The summed E-state index contributed by atoms with van der Waals surface area (Å²) < 4.78 is 6.99. The molecule has 2 amide bonds. The van der Waals surface area contributed by atoms with Gasteiger partial charge in [0.2, 0.25) is 5.82 Å². The molecule has 0 unspecified atom stereocenters. The summed E-state index contributed by atoms with van der Waals surface area (Å²) in [5, 5.41) is 23.2. The van der Waals surface area contributed by atoms with Gasteiger partial charge >= 0.3 is 0 Å². The van der Waals surface area contributed by atoms with Crippen molar-refractivity contribution in [1.82, 2.24) is 39.7 Å². The van der Waals surface area contributed by atoms with E-state index in [1.807, 2.05) is 0 Å². The monoisotopic (exact) mass is 507 g/mol. The number of aromatic nitrogens is 6. The van der Waals surface area contributed by atoms with Gasteiger partial charge in [0.25, 0.3) is 11.8 Å². The predicted molar refractivity (Wildman–Crippen MR) is 127 cm³/mol. The van der Waals surface area contributed by atoms with E-state index in [0.717, 1.165) is 19.3 Å². The summed E-state index contributed by atoms with van der Waals surface area (Å²) in [7, 11) is 1.40. The molecule has 5 rings (SSSR count). The van der Waals surface area contributed by atoms with Crippen LogP contribution in [0.5, 0.6) is 0 Å². The third kappa shape index (κ3) is 4.55. The summed E-state index contributed by atoms with van der Waals surface area (Å²) in [5.74, 6) is 5.14. The van der Waals surface area contributed by atoms with Gasteiger partial charge in [-0.3, -0.25) is 14.2 Å². The van der Waals surface area contributed by atoms with Crippen LogP contribution in [-0.2, 0) is 9.53 Å². The Labute approximate surface area is 210 Å². The van der Waals surface area contributed by atoms with Crippen LogP contribution in [0.4, 0.5) is 5.82 Å². The SMILES string of the molecule is CNC(=O)[C@H]1O[C@@H](n2cnc3c(N)nc(C#CCN(C(=O)c4cncnc4)C4CCC4)nc32)[C@H](O)[C@@H]1O. The maximum atomic E-state index is 13.0. The Balaban J connectivity index is 1.40. The second-order valence-electron chi connectivity index (χ2n) is 8.75. The van der Waals surface area contributed by atoms with Gasteiger partial charge in [0, 0.05) is 25.5 Å². The standard InChI is InChI=1S/C23H25N9O5/c1-25-21(35)18-16(33)17(34)23(37-18)32-11-28-15-19(24)29-14(30-20(15)32)6-3-7-31(13-4-2-5-13)22(36)12-8-26-10-27-9-12/h8-11,13,16-18,23,33-34H,2,4-5,7H2,1H3,(H,25,35)(H2,24,29,30)/t16-,17+,18-,23+/m0/s1. The molecule has 1 saturated heterocycles. The average molecular weight is 508 g/mol. The fourth-order valence-corrected chi connectivity index (χ4v) is 4.27. The lowest BCUT2D eigenvalue weighted by atomic mass is 9.91. The minimum atomic E-state index is -1.45. The van der Waals surface area contributed by atoms with Crippen LogP contribution in [-0.4, -0.2) is 94.4 Å². The van der Waals surface area contributed by atoms with Crippen molar-refractivity contribution >= 4 is 28.8 Å². The highest BCUT2D eigenvalue weighted by atomic mass is 16.6. The maximum Gasteiger partial charge on any atom is 0.258 e. The lowest BCUT2D eigenvalue weighted by Gasteiger charge is -2.36. The number of carbonyl (C=O) groups is 2. The molecule has 2 aliphatic rings. The van der Waals surface area contributed by atoms with E-state index in [2.05, 4.69) is 42.1 Å². The minimum Gasteiger partial charge on any atom is -0.387 e. The number of fused-ring (bicyclic) bond motifs is 1.